The number of benzene rings is 4. The number of amides is 1. The first-order chi connectivity index (χ1) is 19.0. The fraction of sp³-hybridized carbons (Fsp3) is 0.138. The van der Waals surface area contributed by atoms with E-state index in [9.17, 15) is 21.6 Å². The van der Waals surface area contributed by atoms with Gasteiger partial charge in [0, 0.05) is 16.9 Å². The van der Waals surface area contributed by atoms with E-state index in [-0.39, 0.29) is 9.79 Å². The summed E-state index contributed by atoms with van der Waals surface area (Å²) in [5.41, 5.74) is 2.96. The molecule has 4 rings (SSSR count). The Kier molecular flexibility index (Phi) is 8.46. The summed E-state index contributed by atoms with van der Waals surface area (Å²) < 4.78 is 61.4. The lowest BCUT2D eigenvalue weighted by atomic mass is 10.1. The maximum Gasteiger partial charge on any atom is 0.261 e. The van der Waals surface area contributed by atoms with E-state index >= 15 is 0 Å². The zero-order chi connectivity index (χ0) is 28.9. The van der Waals surface area contributed by atoms with Gasteiger partial charge in [0.2, 0.25) is 0 Å². The molecule has 0 aliphatic rings. The van der Waals surface area contributed by atoms with Gasteiger partial charge in [-0.05, 0) is 105 Å². The van der Waals surface area contributed by atoms with Crippen LogP contribution < -0.4 is 19.5 Å². The van der Waals surface area contributed by atoms with Gasteiger partial charge in [-0.15, -0.1) is 0 Å². The standard InChI is InChI=1S/C29H29N3O6S2/c1-4-38-25-12-8-24(9-13-25)31-39(34,35)27-16-10-23(11-17-27)30-29(33)22-7-18-28(21(3)19-22)32-40(36,37)26-14-5-20(2)6-15-26/h5-19,31-32H,4H2,1-3H3,(H,30,33). The monoisotopic (exact) mass is 579 g/mol. The highest BCUT2D eigenvalue weighted by atomic mass is 32.2. The Balaban J connectivity index is 1.41. The SMILES string of the molecule is CCOc1ccc(NS(=O)(=O)c2ccc(NC(=O)c3ccc(NS(=O)(=O)c4ccc(C)cc4)c(C)c3)cc2)cc1. The van der Waals surface area contributed by atoms with Crippen molar-refractivity contribution in [1.29, 1.82) is 0 Å². The van der Waals surface area contributed by atoms with Gasteiger partial charge in [0.15, 0.2) is 0 Å². The Hall–Kier alpha value is -4.35. The molecule has 0 bridgehead atoms. The van der Waals surface area contributed by atoms with E-state index in [1.807, 2.05) is 13.8 Å². The fourth-order valence-electron chi connectivity index (χ4n) is 3.76. The summed E-state index contributed by atoms with van der Waals surface area (Å²) in [5, 5.41) is 2.72. The topological polar surface area (TPSA) is 131 Å². The molecule has 0 saturated carbocycles. The first-order valence-corrected chi connectivity index (χ1v) is 15.3. The highest BCUT2D eigenvalue weighted by Gasteiger charge is 2.17. The molecule has 0 spiro atoms. The van der Waals surface area contributed by atoms with Crippen LogP contribution in [0.2, 0.25) is 0 Å². The van der Waals surface area contributed by atoms with E-state index in [0.29, 0.717) is 40.5 Å². The molecule has 11 heteroatoms. The number of rotatable bonds is 10. The third-order valence-electron chi connectivity index (χ3n) is 5.90. The molecular weight excluding hydrogens is 550 g/mol. The molecule has 9 nitrogen and oxygen atoms in total. The number of hydrogen-bond donors (Lipinski definition) is 3. The normalized spacial score (nSPS) is 11.5. The molecule has 0 heterocycles. The number of hydrogen-bond acceptors (Lipinski definition) is 6. The van der Waals surface area contributed by atoms with Gasteiger partial charge in [0.05, 0.1) is 22.1 Å². The van der Waals surface area contributed by atoms with Crippen molar-refractivity contribution in [3.8, 4) is 5.75 Å². The van der Waals surface area contributed by atoms with E-state index in [1.54, 1.807) is 49.4 Å². The van der Waals surface area contributed by atoms with Crippen LogP contribution in [0.5, 0.6) is 5.75 Å². The molecule has 4 aromatic carbocycles. The Labute approximate surface area is 234 Å². The van der Waals surface area contributed by atoms with Crippen molar-refractivity contribution >= 4 is 43.0 Å². The quantitative estimate of drug-likeness (QED) is 0.226. The second-order valence-corrected chi connectivity index (χ2v) is 12.4. The van der Waals surface area contributed by atoms with Crippen LogP contribution in [0.1, 0.15) is 28.4 Å². The van der Waals surface area contributed by atoms with E-state index < -0.39 is 26.0 Å². The maximum absolute atomic E-state index is 12.8. The lowest BCUT2D eigenvalue weighted by molar-refractivity contribution is 0.102. The average molecular weight is 580 g/mol. The number of carbonyl (C=O) groups is 1. The summed E-state index contributed by atoms with van der Waals surface area (Å²) in [6.07, 6.45) is 0. The molecule has 0 aromatic heterocycles. The Morgan fingerprint density at radius 3 is 1.82 bits per heavy atom. The summed E-state index contributed by atoms with van der Waals surface area (Å²) >= 11 is 0. The lowest BCUT2D eigenvalue weighted by Crippen LogP contribution is -2.16. The third-order valence-corrected chi connectivity index (χ3v) is 8.68. The van der Waals surface area contributed by atoms with Crippen LogP contribution in [0.3, 0.4) is 0 Å². The van der Waals surface area contributed by atoms with Crippen LogP contribution in [0.25, 0.3) is 0 Å². The van der Waals surface area contributed by atoms with Crippen molar-refractivity contribution < 1.29 is 26.4 Å². The van der Waals surface area contributed by atoms with Gasteiger partial charge in [0.25, 0.3) is 26.0 Å². The van der Waals surface area contributed by atoms with Gasteiger partial charge in [-0.3, -0.25) is 14.2 Å². The van der Waals surface area contributed by atoms with Crippen molar-refractivity contribution in [3.63, 3.8) is 0 Å². The minimum Gasteiger partial charge on any atom is -0.494 e. The van der Waals surface area contributed by atoms with Gasteiger partial charge in [0.1, 0.15) is 5.75 Å². The van der Waals surface area contributed by atoms with Crippen molar-refractivity contribution in [2.45, 2.75) is 30.6 Å². The molecular formula is C29H29N3O6S2. The van der Waals surface area contributed by atoms with Gasteiger partial charge in [-0.2, -0.15) is 0 Å². The first kappa shape index (κ1) is 28.7. The summed E-state index contributed by atoms with van der Waals surface area (Å²) in [7, 11) is -7.63. The maximum atomic E-state index is 12.8. The molecule has 0 aliphatic carbocycles. The van der Waals surface area contributed by atoms with E-state index in [4.69, 9.17) is 4.74 Å². The molecule has 0 atom stereocenters. The number of sulfonamides is 2. The zero-order valence-corrected chi connectivity index (χ0v) is 23.8. The molecule has 0 unspecified atom stereocenters. The van der Waals surface area contributed by atoms with Crippen LogP contribution in [0.15, 0.2) is 101 Å². The predicted molar refractivity (Wildman–Crippen MR) is 156 cm³/mol. The largest absolute Gasteiger partial charge is 0.494 e. The zero-order valence-electron chi connectivity index (χ0n) is 22.1. The van der Waals surface area contributed by atoms with E-state index in [0.717, 1.165) is 5.56 Å². The summed E-state index contributed by atoms with van der Waals surface area (Å²) in [4.78, 5) is 13.0. The van der Waals surface area contributed by atoms with Crippen LogP contribution in [0, 0.1) is 13.8 Å². The van der Waals surface area contributed by atoms with Crippen LogP contribution >= 0.6 is 0 Å². The number of carbonyl (C=O) groups excluding carboxylic acids is 1. The smallest absolute Gasteiger partial charge is 0.261 e. The number of ether oxygens (including phenoxy) is 1. The van der Waals surface area contributed by atoms with Gasteiger partial charge in [-0.1, -0.05) is 17.7 Å². The highest BCUT2D eigenvalue weighted by molar-refractivity contribution is 7.93. The minimum atomic E-state index is -3.84. The Morgan fingerprint density at radius 1 is 0.700 bits per heavy atom. The molecule has 0 aliphatic heterocycles. The minimum absolute atomic E-state index is 0.0282. The van der Waals surface area contributed by atoms with Crippen molar-refractivity contribution in [2.75, 3.05) is 21.4 Å². The fourth-order valence-corrected chi connectivity index (χ4v) is 5.95. The van der Waals surface area contributed by atoms with Gasteiger partial charge < -0.3 is 10.1 Å². The lowest BCUT2D eigenvalue weighted by Gasteiger charge is -2.13. The average Bonchev–Trinajstić information content (AvgIpc) is 2.91. The molecule has 3 N–H and O–H groups in total. The Bertz CT molecular complexity index is 1720. The predicted octanol–water partition coefficient (Wildman–Crippen LogP) is 5.56. The van der Waals surface area contributed by atoms with Crippen molar-refractivity contribution in [2.24, 2.45) is 0 Å². The van der Waals surface area contributed by atoms with Crippen LogP contribution in [0.4, 0.5) is 17.1 Å². The number of aryl methyl sites for hydroxylation is 2. The van der Waals surface area contributed by atoms with Crippen LogP contribution in [-0.2, 0) is 20.0 Å². The van der Waals surface area contributed by atoms with Crippen LogP contribution in [-0.4, -0.2) is 29.3 Å². The summed E-state index contributed by atoms with van der Waals surface area (Å²) in [5.74, 6) is 0.207. The molecule has 1 amide bonds. The molecule has 40 heavy (non-hydrogen) atoms. The van der Waals surface area contributed by atoms with E-state index in [2.05, 4.69) is 14.8 Å². The third kappa shape index (κ3) is 6.99. The van der Waals surface area contributed by atoms with Crippen molar-refractivity contribution in [3.05, 3.63) is 108 Å². The van der Waals surface area contributed by atoms with Gasteiger partial charge >= 0.3 is 0 Å². The van der Waals surface area contributed by atoms with E-state index in [1.165, 1.54) is 48.5 Å². The number of nitrogens with one attached hydrogen (secondary N) is 3. The first-order valence-electron chi connectivity index (χ1n) is 12.3. The molecule has 0 radical (unpaired) electrons. The molecule has 0 saturated heterocycles. The highest BCUT2D eigenvalue weighted by Crippen LogP contribution is 2.23. The summed E-state index contributed by atoms with van der Waals surface area (Å²) in [6, 6.07) is 23.4. The molecule has 208 valence electrons. The Morgan fingerprint density at radius 2 is 1.25 bits per heavy atom. The molecule has 0 fully saturated rings. The molecule has 4 aromatic rings. The second-order valence-electron chi connectivity index (χ2n) is 8.99. The number of anilines is 3. The second kappa shape index (κ2) is 11.8. The van der Waals surface area contributed by atoms with Gasteiger partial charge in [-0.25, -0.2) is 16.8 Å². The summed E-state index contributed by atoms with van der Waals surface area (Å²) in [6.45, 7) is 5.94. The van der Waals surface area contributed by atoms with Crippen molar-refractivity contribution in [1.82, 2.24) is 0 Å².